The standard InChI is InChI=1S/C20H33NO2/c1-5-6-7-8-9-13-16-18(19(22)23-20(2,3)4)21-17-14-11-10-12-15-17/h10-12,14-15,18,21H,5-9,13,16H2,1-4H3. The Morgan fingerprint density at radius 3 is 2.26 bits per heavy atom. The van der Waals surface area contributed by atoms with Crippen molar-refractivity contribution < 1.29 is 9.53 Å². The highest BCUT2D eigenvalue weighted by molar-refractivity contribution is 5.79. The van der Waals surface area contributed by atoms with Crippen molar-refractivity contribution in [2.45, 2.75) is 84.3 Å². The van der Waals surface area contributed by atoms with Gasteiger partial charge in [0.15, 0.2) is 0 Å². The van der Waals surface area contributed by atoms with Crippen LogP contribution in [0.2, 0.25) is 0 Å². The number of rotatable bonds is 10. The molecule has 1 atom stereocenters. The van der Waals surface area contributed by atoms with E-state index in [4.69, 9.17) is 4.74 Å². The molecule has 0 aromatic heterocycles. The molecule has 130 valence electrons. The van der Waals surface area contributed by atoms with Crippen LogP contribution < -0.4 is 5.32 Å². The summed E-state index contributed by atoms with van der Waals surface area (Å²) in [5.74, 6) is -0.157. The van der Waals surface area contributed by atoms with Crippen LogP contribution in [0.1, 0.15) is 72.6 Å². The molecule has 0 amide bonds. The van der Waals surface area contributed by atoms with Gasteiger partial charge in [-0.2, -0.15) is 0 Å². The molecule has 0 saturated carbocycles. The van der Waals surface area contributed by atoms with Crippen molar-refractivity contribution in [1.29, 1.82) is 0 Å². The van der Waals surface area contributed by atoms with Gasteiger partial charge >= 0.3 is 5.97 Å². The molecule has 1 rings (SSSR count). The fourth-order valence-corrected chi connectivity index (χ4v) is 2.49. The number of hydrogen-bond donors (Lipinski definition) is 1. The lowest BCUT2D eigenvalue weighted by Crippen LogP contribution is -2.36. The average molecular weight is 319 g/mol. The number of carbonyl (C=O) groups excluding carboxylic acids is 1. The third-order valence-corrected chi connectivity index (χ3v) is 3.65. The van der Waals surface area contributed by atoms with Crippen LogP contribution in [-0.4, -0.2) is 17.6 Å². The molecule has 1 aromatic rings. The predicted molar refractivity (Wildman–Crippen MR) is 97.7 cm³/mol. The Balaban J connectivity index is 2.52. The summed E-state index contributed by atoms with van der Waals surface area (Å²) in [4.78, 5) is 12.4. The van der Waals surface area contributed by atoms with Crippen molar-refractivity contribution in [3.63, 3.8) is 0 Å². The summed E-state index contributed by atoms with van der Waals surface area (Å²) in [6, 6.07) is 9.61. The zero-order valence-electron chi connectivity index (χ0n) is 15.2. The van der Waals surface area contributed by atoms with Gasteiger partial charge in [-0.15, -0.1) is 0 Å². The third kappa shape index (κ3) is 9.27. The molecule has 0 aliphatic carbocycles. The lowest BCUT2D eigenvalue weighted by atomic mass is 10.0. The van der Waals surface area contributed by atoms with Crippen molar-refractivity contribution in [2.75, 3.05) is 5.32 Å². The van der Waals surface area contributed by atoms with Gasteiger partial charge in [0.25, 0.3) is 0 Å². The van der Waals surface area contributed by atoms with Crippen LogP contribution in [0.15, 0.2) is 30.3 Å². The number of benzene rings is 1. The Hall–Kier alpha value is -1.51. The summed E-state index contributed by atoms with van der Waals surface area (Å²) >= 11 is 0. The summed E-state index contributed by atoms with van der Waals surface area (Å²) in [6.07, 6.45) is 8.15. The van der Waals surface area contributed by atoms with E-state index in [-0.39, 0.29) is 12.0 Å². The zero-order chi connectivity index (χ0) is 17.1. The molecule has 0 bridgehead atoms. The number of anilines is 1. The van der Waals surface area contributed by atoms with E-state index in [1.54, 1.807) is 0 Å². The largest absolute Gasteiger partial charge is 0.458 e. The summed E-state index contributed by atoms with van der Waals surface area (Å²) in [6.45, 7) is 7.96. The Bertz CT molecular complexity index is 437. The van der Waals surface area contributed by atoms with Gasteiger partial charge in [0.05, 0.1) is 0 Å². The quantitative estimate of drug-likeness (QED) is 0.453. The lowest BCUT2D eigenvalue weighted by molar-refractivity contribution is -0.156. The summed E-state index contributed by atoms with van der Waals surface area (Å²) < 4.78 is 5.57. The summed E-state index contributed by atoms with van der Waals surface area (Å²) in [5.41, 5.74) is 0.517. The van der Waals surface area contributed by atoms with E-state index in [9.17, 15) is 4.79 Å². The number of nitrogens with one attached hydrogen (secondary N) is 1. The second-order valence-electron chi connectivity index (χ2n) is 7.15. The number of hydrogen-bond acceptors (Lipinski definition) is 3. The smallest absolute Gasteiger partial charge is 0.329 e. The van der Waals surface area contributed by atoms with Crippen molar-refractivity contribution in [2.24, 2.45) is 0 Å². The van der Waals surface area contributed by atoms with Gasteiger partial charge in [0.2, 0.25) is 0 Å². The molecule has 0 heterocycles. The van der Waals surface area contributed by atoms with E-state index < -0.39 is 5.60 Å². The molecule has 1 N–H and O–H groups in total. The normalized spacial score (nSPS) is 12.7. The Morgan fingerprint density at radius 1 is 1.04 bits per heavy atom. The highest BCUT2D eigenvalue weighted by Gasteiger charge is 2.24. The molecule has 0 radical (unpaired) electrons. The topological polar surface area (TPSA) is 38.3 Å². The first-order valence-electron chi connectivity index (χ1n) is 8.97. The van der Waals surface area contributed by atoms with Gasteiger partial charge in [-0.25, -0.2) is 4.79 Å². The Morgan fingerprint density at radius 2 is 1.65 bits per heavy atom. The fraction of sp³-hybridized carbons (Fsp3) is 0.650. The minimum Gasteiger partial charge on any atom is -0.458 e. The monoisotopic (exact) mass is 319 g/mol. The first-order chi connectivity index (χ1) is 10.9. The number of ether oxygens (including phenoxy) is 1. The molecule has 1 aromatic carbocycles. The molecule has 0 saturated heterocycles. The molecule has 1 unspecified atom stereocenters. The van der Waals surface area contributed by atoms with Gasteiger partial charge in [-0.05, 0) is 39.3 Å². The summed E-state index contributed by atoms with van der Waals surface area (Å²) in [5, 5.41) is 3.33. The van der Waals surface area contributed by atoms with Crippen molar-refractivity contribution in [1.82, 2.24) is 0 Å². The molecule has 0 aliphatic heterocycles. The van der Waals surface area contributed by atoms with Gasteiger partial charge < -0.3 is 10.1 Å². The fourth-order valence-electron chi connectivity index (χ4n) is 2.49. The highest BCUT2D eigenvalue weighted by Crippen LogP contribution is 2.17. The minimum atomic E-state index is -0.450. The molecule has 0 fully saturated rings. The lowest BCUT2D eigenvalue weighted by Gasteiger charge is -2.25. The summed E-state index contributed by atoms with van der Waals surface area (Å²) in [7, 11) is 0. The van der Waals surface area contributed by atoms with Gasteiger partial charge in [0, 0.05) is 5.69 Å². The van der Waals surface area contributed by atoms with Crippen molar-refractivity contribution in [3.05, 3.63) is 30.3 Å². The first-order valence-corrected chi connectivity index (χ1v) is 8.97. The number of unbranched alkanes of at least 4 members (excludes halogenated alkanes) is 5. The second-order valence-corrected chi connectivity index (χ2v) is 7.15. The number of para-hydroxylation sites is 1. The maximum atomic E-state index is 12.4. The van der Waals surface area contributed by atoms with E-state index in [1.807, 2.05) is 51.1 Å². The van der Waals surface area contributed by atoms with Crippen LogP contribution >= 0.6 is 0 Å². The number of esters is 1. The highest BCUT2D eigenvalue weighted by atomic mass is 16.6. The van der Waals surface area contributed by atoms with E-state index in [0.29, 0.717) is 0 Å². The maximum Gasteiger partial charge on any atom is 0.329 e. The Kier molecular flexibility index (Phi) is 8.75. The average Bonchev–Trinajstić information content (AvgIpc) is 2.49. The molecular formula is C20H33NO2. The Labute approximate surface area is 141 Å². The zero-order valence-corrected chi connectivity index (χ0v) is 15.2. The molecule has 23 heavy (non-hydrogen) atoms. The molecule has 3 heteroatoms. The van der Waals surface area contributed by atoms with Gasteiger partial charge in [-0.1, -0.05) is 63.6 Å². The van der Waals surface area contributed by atoms with Gasteiger partial charge in [0.1, 0.15) is 11.6 Å². The number of carbonyl (C=O) groups is 1. The van der Waals surface area contributed by atoms with Crippen LogP contribution in [0.5, 0.6) is 0 Å². The third-order valence-electron chi connectivity index (χ3n) is 3.65. The maximum absolute atomic E-state index is 12.4. The van der Waals surface area contributed by atoms with Crippen LogP contribution in [0.4, 0.5) is 5.69 Å². The van der Waals surface area contributed by atoms with E-state index in [1.165, 1.54) is 32.1 Å². The second kappa shape index (κ2) is 10.3. The SMILES string of the molecule is CCCCCCCCC(Nc1ccccc1)C(=O)OC(C)(C)C. The molecule has 0 aliphatic rings. The van der Waals surface area contributed by atoms with E-state index >= 15 is 0 Å². The predicted octanol–water partition coefficient (Wildman–Crippen LogP) is 5.56. The van der Waals surface area contributed by atoms with Crippen LogP contribution in [0, 0.1) is 0 Å². The van der Waals surface area contributed by atoms with Crippen molar-refractivity contribution >= 4 is 11.7 Å². The van der Waals surface area contributed by atoms with Crippen LogP contribution in [-0.2, 0) is 9.53 Å². The van der Waals surface area contributed by atoms with Crippen molar-refractivity contribution in [3.8, 4) is 0 Å². The van der Waals surface area contributed by atoms with E-state index in [0.717, 1.165) is 18.5 Å². The van der Waals surface area contributed by atoms with Crippen LogP contribution in [0.3, 0.4) is 0 Å². The molecule has 0 spiro atoms. The van der Waals surface area contributed by atoms with Crippen LogP contribution in [0.25, 0.3) is 0 Å². The molecule has 3 nitrogen and oxygen atoms in total. The van der Waals surface area contributed by atoms with E-state index in [2.05, 4.69) is 12.2 Å². The first kappa shape index (κ1) is 19.5. The molecular weight excluding hydrogens is 286 g/mol. The minimum absolute atomic E-state index is 0.157. The van der Waals surface area contributed by atoms with Gasteiger partial charge in [-0.3, -0.25) is 0 Å².